The fourth-order valence-corrected chi connectivity index (χ4v) is 5.62. The molecule has 1 aromatic heterocycles. The van der Waals surface area contributed by atoms with Crippen molar-refractivity contribution in [3.05, 3.63) is 51.8 Å². The van der Waals surface area contributed by atoms with Crippen LogP contribution in [-0.2, 0) is 9.84 Å². The molecule has 5 nitrogen and oxygen atoms in total. The number of aromatic nitrogens is 1. The second kappa shape index (κ2) is 6.96. The van der Waals surface area contributed by atoms with Gasteiger partial charge in [-0.1, -0.05) is 22.0 Å². The lowest BCUT2D eigenvalue weighted by Crippen LogP contribution is -2.30. The number of benzene rings is 1. The topological polar surface area (TPSA) is 68.2 Å². The molecule has 1 aliphatic heterocycles. The van der Waals surface area contributed by atoms with Crippen LogP contribution in [0.15, 0.2) is 34.8 Å². The molecule has 0 spiro atoms. The van der Waals surface area contributed by atoms with Gasteiger partial charge in [0.05, 0.1) is 17.1 Å². The number of amides is 1. The molecule has 0 saturated carbocycles. The Balaban J connectivity index is 1.77. The molecule has 1 atom stereocenters. The quantitative estimate of drug-likeness (QED) is 0.819. The Hall–Kier alpha value is -1.60. The van der Waals surface area contributed by atoms with Gasteiger partial charge in [0.1, 0.15) is 0 Å². The molecule has 134 valence electrons. The summed E-state index contributed by atoms with van der Waals surface area (Å²) < 4.78 is 26.1. The zero-order valence-electron chi connectivity index (χ0n) is 14.3. The van der Waals surface area contributed by atoms with Crippen molar-refractivity contribution in [2.45, 2.75) is 20.3 Å². The van der Waals surface area contributed by atoms with Crippen LogP contribution >= 0.6 is 15.9 Å². The van der Waals surface area contributed by atoms with Crippen molar-refractivity contribution in [3.8, 4) is 5.69 Å². The van der Waals surface area contributed by atoms with E-state index in [0.29, 0.717) is 18.5 Å². The molecule has 0 aliphatic carbocycles. The molecule has 1 aliphatic rings. The third-order valence-corrected chi connectivity index (χ3v) is 6.95. The minimum absolute atomic E-state index is 0.0162. The number of hydrogen-bond acceptors (Lipinski definition) is 3. The lowest BCUT2D eigenvalue weighted by Gasteiger charge is -2.11. The molecule has 25 heavy (non-hydrogen) atoms. The second-order valence-corrected chi connectivity index (χ2v) is 9.72. The third-order valence-electron chi connectivity index (χ3n) is 4.62. The van der Waals surface area contributed by atoms with Crippen LogP contribution in [0, 0.1) is 19.8 Å². The molecule has 3 rings (SSSR count). The van der Waals surface area contributed by atoms with E-state index in [9.17, 15) is 13.2 Å². The number of sulfone groups is 1. The lowest BCUT2D eigenvalue weighted by atomic mass is 10.1. The number of nitrogens with zero attached hydrogens (tertiary/aromatic N) is 1. The van der Waals surface area contributed by atoms with Crippen molar-refractivity contribution >= 4 is 31.7 Å². The van der Waals surface area contributed by atoms with Gasteiger partial charge >= 0.3 is 0 Å². The van der Waals surface area contributed by atoms with Gasteiger partial charge in [0.2, 0.25) is 0 Å². The van der Waals surface area contributed by atoms with Crippen molar-refractivity contribution in [1.82, 2.24) is 9.88 Å². The summed E-state index contributed by atoms with van der Waals surface area (Å²) in [6, 6.07) is 9.79. The van der Waals surface area contributed by atoms with E-state index in [-0.39, 0.29) is 23.3 Å². The van der Waals surface area contributed by atoms with Gasteiger partial charge < -0.3 is 9.88 Å². The molecule has 7 heteroatoms. The first-order valence-electron chi connectivity index (χ1n) is 8.20. The van der Waals surface area contributed by atoms with E-state index in [4.69, 9.17) is 0 Å². The van der Waals surface area contributed by atoms with Crippen LogP contribution < -0.4 is 5.32 Å². The minimum Gasteiger partial charge on any atom is -0.352 e. The average Bonchev–Trinajstić information content (AvgIpc) is 3.04. The summed E-state index contributed by atoms with van der Waals surface area (Å²) in [6.45, 7) is 4.29. The molecule has 2 heterocycles. The number of halogens is 1. The first-order valence-corrected chi connectivity index (χ1v) is 10.8. The normalized spacial score (nSPS) is 19.1. The molecule has 1 fully saturated rings. The van der Waals surface area contributed by atoms with E-state index < -0.39 is 9.84 Å². The maximum atomic E-state index is 12.6. The molecule has 1 aromatic carbocycles. The summed E-state index contributed by atoms with van der Waals surface area (Å²) in [5.74, 6) is 0.260. The SMILES string of the molecule is Cc1cc(C(=O)NCC2CCS(=O)(=O)C2)c(C)n1-c1cccc(Br)c1. The van der Waals surface area contributed by atoms with Crippen molar-refractivity contribution < 1.29 is 13.2 Å². The highest BCUT2D eigenvalue weighted by Crippen LogP contribution is 2.23. The Kier molecular flexibility index (Phi) is 5.06. The number of hydrogen-bond donors (Lipinski definition) is 1. The van der Waals surface area contributed by atoms with Crippen molar-refractivity contribution in [1.29, 1.82) is 0 Å². The Labute approximate surface area is 156 Å². The van der Waals surface area contributed by atoms with Crippen molar-refractivity contribution in [2.75, 3.05) is 18.1 Å². The molecular formula is C18H21BrN2O3S. The zero-order chi connectivity index (χ0) is 18.2. The van der Waals surface area contributed by atoms with Gasteiger partial charge in [-0.3, -0.25) is 4.79 Å². The smallest absolute Gasteiger partial charge is 0.253 e. The first-order chi connectivity index (χ1) is 11.8. The van der Waals surface area contributed by atoms with E-state index >= 15 is 0 Å². The van der Waals surface area contributed by atoms with Crippen LogP contribution in [0.2, 0.25) is 0 Å². The summed E-state index contributed by atoms with van der Waals surface area (Å²) in [5.41, 5.74) is 3.46. The summed E-state index contributed by atoms with van der Waals surface area (Å²) >= 11 is 3.47. The largest absolute Gasteiger partial charge is 0.352 e. The summed E-state index contributed by atoms with van der Waals surface area (Å²) in [5, 5.41) is 2.90. The van der Waals surface area contributed by atoms with Crippen LogP contribution in [0.25, 0.3) is 5.69 Å². The maximum Gasteiger partial charge on any atom is 0.253 e. The summed E-state index contributed by atoms with van der Waals surface area (Å²) in [6.07, 6.45) is 0.625. The maximum absolute atomic E-state index is 12.6. The summed E-state index contributed by atoms with van der Waals surface area (Å²) in [7, 11) is -2.92. The molecule has 1 N–H and O–H groups in total. The highest BCUT2D eigenvalue weighted by atomic mass is 79.9. The fourth-order valence-electron chi connectivity index (χ4n) is 3.37. The molecule has 0 bridgehead atoms. The van der Waals surface area contributed by atoms with E-state index in [1.165, 1.54) is 0 Å². The Bertz CT molecular complexity index is 918. The number of rotatable bonds is 4. The standard InChI is InChI=1S/C18H21BrN2O3S/c1-12-8-17(13(2)21(12)16-5-3-4-15(19)9-16)18(22)20-10-14-6-7-25(23,24)11-14/h3-5,8-9,14H,6-7,10-11H2,1-2H3,(H,20,22). The molecule has 0 radical (unpaired) electrons. The van der Waals surface area contributed by atoms with Gasteiger partial charge in [-0.05, 0) is 50.5 Å². The van der Waals surface area contributed by atoms with Crippen LogP contribution in [0.3, 0.4) is 0 Å². The Morgan fingerprint density at radius 3 is 2.72 bits per heavy atom. The van der Waals surface area contributed by atoms with Crippen molar-refractivity contribution in [3.63, 3.8) is 0 Å². The van der Waals surface area contributed by atoms with E-state index in [0.717, 1.165) is 21.5 Å². The zero-order valence-corrected chi connectivity index (χ0v) is 16.7. The number of nitrogens with one attached hydrogen (secondary N) is 1. The van der Waals surface area contributed by atoms with Crippen molar-refractivity contribution in [2.24, 2.45) is 5.92 Å². The van der Waals surface area contributed by atoms with Crippen LogP contribution in [0.4, 0.5) is 0 Å². The van der Waals surface area contributed by atoms with Crippen LogP contribution in [0.5, 0.6) is 0 Å². The second-order valence-electron chi connectivity index (χ2n) is 6.58. The van der Waals surface area contributed by atoms with Crippen LogP contribution in [-0.4, -0.2) is 36.9 Å². The highest BCUT2D eigenvalue weighted by Gasteiger charge is 2.28. The molecule has 1 unspecified atom stereocenters. The van der Waals surface area contributed by atoms with E-state index in [1.807, 2.05) is 48.7 Å². The van der Waals surface area contributed by atoms with E-state index in [2.05, 4.69) is 21.2 Å². The minimum atomic E-state index is -2.92. The monoisotopic (exact) mass is 424 g/mol. The number of aryl methyl sites for hydroxylation is 1. The first kappa shape index (κ1) is 18.2. The van der Waals surface area contributed by atoms with Gasteiger partial charge in [-0.25, -0.2) is 8.42 Å². The van der Waals surface area contributed by atoms with Crippen LogP contribution in [0.1, 0.15) is 28.2 Å². The fraction of sp³-hybridized carbons (Fsp3) is 0.389. The molecule has 1 saturated heterocycles. The third kappa shape index (κ3) is 3.98. The van der Waals surface area contributed by atoms with Gasteiger partial charge in [-0.15, -0.1) is 0 Å². The summed E-state index contributed by atoms with van der Waals surface area (Å²) in [4.78, 5) is 12.6. The predicted octanol–water partition coefficient (Wildman–Crippen LogP) is 3.02. The molecule has 2 aromatic rings. The Morgan fingerprint density at radius 2 is 2.08 bits per heavy atom. The predicted molar refractivity (Wildman–Crippen MR) is 102 cm³/mol. The average molecular weight is 425 g/mol. The number of carbonyl (C=O) groups excluding carboxylic acids is 1. The van der Waals surface area contributed by atoms with Gasteiger partial charge in [-0.2, -0.15) is 0 Å². The highest BCUT2D eigenvalue weighted by molar-refractivity contribution is 9.10. The lowest BCUT2D eigenvalue weighted by molar-refractivity contribution is 0.0948. The van der Waals surface area contributed by atoms with Gasteiger partial charge in [0, 0.05) is 28.1 Å². The molecule has 1 amide bonds. The number of carbonyl (C=O) groups is 1. The van der Waals surface area contributed by atoms with Gasteiger partial charge in [0.25, 0.3) is 5.91 Å². The van der Waals surface area contributed by atoms with E-state index in [1.54, 1.807) is 0 Å². The Morgan fingerprint density at radius 1 is 1.32 bits per heavy atom. The molecular weight excluding hydrogens is 404 g/mol. The van der Waals surface area contributed by atoms with Gasteiger partial charge in [0.15, 0.2) is 9.84 Å².